The topological polar surface area (TPSA) is 53.9 Å². The molecule has 146 valence electrons. The van der Waals surface area contributed by atoms with Crippen molar-refractivity contribution in [1.82, 2.24) is 19.7 Å². The molecule has 5 nitrogen and oxygen atoms in total. The van der Waals surface area contributed by atoms with Crippen LogP contribution in [0.5, 0.6) is 0 Å². The number of para-hydroxylation sites is 1. The quantitative estimate of drug-likeness (QED) is 0.734. The van der Waals surface area contributed by atoms with Crippen molar-refractivity contribution in [3.05, 3.63) is 53.0 Å². The average molecular weight is 377 g/mol. The highest BCUT2D eigenvalue weighted by molar-refractivity contribution is 5.89. The number of fused-ring (bicyclic) bond motifs is 2. The molecule has 1 N–H and O–H groups in total. The van der Waals surface area contributed by atoms with Gasteiger partial charge in [0.15, 0.2) is 0 Å². The number of nitrogens with one attached hydrogen (secondary N) is 1. The van der Waals surface area contributed by atoms with Crippen molar-refractivity contribution in [3.8, 4) is 0 Å². The Labute approximate surface area is 165 Å². The molecule has 3 aromatic rings. The zero-order chi connectivity index (χ0) is 19.1. The van der Waals surface area contributed by atoms with E-state index in [2.05, 4.69) is 22.0 Å². The molecule has 28 heavy (non-hydrogen) atoms. The molecule has 0 unspecified atom stereocenters. The van der Waals surface area contributed by atoms with Crippen LogP contribution in [0.2, 0.25) is 0 Å². The number of aryl methyl sites for hydroxylation is 1. The molecule has 0 saturated heterocycles. The Hall–Kier alpha value is -2.56. The third kappa shape index (κ3) is 3.03. The van der Waals surface area contributed by atoms with E-state index in [1.165, 1.54) is 30.5 Å². The maximum absolute atomic E-state index is 13.4. The lowest BCUT2D eigenvalue weighted by Crippen LogP contribution is -2.39. The van der Waals surface area contributed by atoms with Gasteiger partial charge in [0.2, 0.25) is 5.91 Å². The number of H-pyrrole nitrogens is 1. The lowest BCUT2D eigenvalue weighted by Gasteiger charge is -2.29. The van der Waals surface area contributed by atoms with Gasteiger partial charge in [-0.1, -0.05) is 31.0 Å². The summed E-state index contributed by atoms with van der Waals surface area (Å²) in [6.45, 7) is 0.662. The minimum atomic E-state index is 0.231. The van der Waals surface area contributed by atoms with Gasteiger partial charge in [-0.05, 0) is 49.3 Å². The second-order valence-corrected chi connectivity index (χ2v) is 8.35. The van der Waals surface area contributed by atoms with E-state index in [1.54, 1.807) is 0 Å². The molecule has 0 aliphatic heterocycles. The third-order valence-electron chi connectivity index (χ3n) is 6.62. The van der Waals surface area contributed by atoms with E-state index < -0.39 is 0 Å². The van der Waals surface area contributed by atoms with Crippen LogP contribution in [0, 0.1) is 0 Å². The van der Waals surface area contributed by atoms with Crippen LogP contribution in [0.4, 0.5) is 0 Å². The second kappa shape index (κ2) is 7.12. The van der Waals surface area contributed by atoms with Crippen LogP contribution in [0.15, 0.2) is 30.5 Å². The Kier molecular flexibility index (Phi) is 4.46. The summed E-state index contributed by atoms with van der Waals surface area (Å²) < 4.78 is 2.04. The summed E-state index contributed by atoms with van der Waals surface area (Å²) in [7, 11) is 2.04. The molecule has 0 spiro atoms. The molecule has 1 amide bonds. The molecule has 0 bridgehead atoms. The van der Waals surface area contributed by atoms with Crippen LogP contribution in [0.25, 0.3) is 10.9 Å². The number of aromatic nitrogens is 3. The molecule has 5 heteroatoms. The molecule has 5 rings (SSSR count). The fourth-order valence-electron chi connectivity index (χ4n) is 5.17. The molecular weight excluding hydrogens is 348 g/mol. The van der Waals surface area contributed by atoms with Gasteiger partial charge < -0.3 is 9.88 Å². The maximum atomic E-state index is 13.4. The van der Waals surface area contributed by atoms with Gasteiger partial charge >= 0.3 is 0 Å². The van der Waals surface area contributed by atoms with Crippen molar-refractivity contribution in [3.63, 3.8) is 0 Å². The Morgan fingerprint density at radius 3 is 2.89 bits per heavy atom. The Morgan fingerprint density at radius 1 is 1.21 bits per heavy atom. The Morgan fingerprint density at radius 2 is 2.04 bits per heavy atom. The molecule has 1 fully saturated rings. The Bertz CT molecular complexity index is 1010. The summed E-state index contributed by atoms with van der Waals surface area (Å²) >= 11 is 0. The maximum Gasteiger partial charge on any atom is 0.227 e. The summed E-state index contributed by atoms with van der Waals surface area (Å²) in [6, 6.07) is 8.58. The number of amides is 1. The first-order valence-electron chi connectivity index (χ1n) is 10.6. The van der Waals surface area contributed by atoms with E-state index in [-0.39, 0.29) is 5.91 Å². The van der Waals surface area contributed by atoms with Crippen LogP contribution in [-0.4, -0.2) is 31.6 Å². The summed E-state index contributed by atoms with van der Waals surface area (Å²) in [5, 5.41) is 5.94. The Balaban J connectivity index is 1.42. The van der Waals surface area contributed by atoms with Crippen molar-refractivity contribution >= 4 is 16.8 Å². The van der Waals surface area contributed by atoms with Gasteiger partial charge in [-0.3, -0.25) is 9.48 Å². The van der Waals surface area contributed by atoms with E-state index >= 15 is 0 Å². The molecular formula is C23H28N4O. The van der Waals surface area contributed by atoms with Crippen molar-refractivity contribution in [2.45, 2.75) is 64.0 Å². The fraction of sp³-hybridized carbons (Fsp3) is 0.478. The summed E-state index contributed by atoms with van der Waals surface area (Å²) in [5.74, 6) is 0.231. The van der Waals surface area contributed by atoms with Crippen molar-refractivity contribution < 1.29 is 4.79 Å². The van der Waals surface area contributed by atoms with Gasteiger partial charge in [-0.15, -0.1) is 0 Å². The van der Waals surface area contributed by atoms with Gasteiger partial charge in [0.25, 0.3) is 0 Å². The molecule has 1 aromatic carbocycles. The number of carbonyl (C=O) groups excluding carboxylic acids is 1. The number of hydrogen-bond donors (Lipinski definition) is 1. The SMILES string of the molecule is Cn1nc(CN(C(=O)Cc2c[nH]c3ccccc23)C2CCCC2)c2c1CCC2. The first-order valence-corrected chi connectivity index (χ1v) is 10.6. The zero-order valence-electron chi connectivity index (χ0n) is 16.6. The van der Waals surface area contributed by atoms with Crippen LogP contribution in [0.3, 0.4) is 0 Å². The molecule has 2 aliphatic carbocycles. The van der Waals surface area contributed by atoms with E-state index in [0.29, 0.717) is 19.0 Å². The normalized spacial score (nSPS) is 16.8. The predicted molar refractivity (Wildman–Crippen MR) is 110 cm³/mol. The van der Waals surface area contributed by atoms with E-state index in [1.807, 2.05) is 30.1 Å². The molecule has 2 aromatic heterocycles. The number of rotatable bonds is 5. The molecule has 0 atom stereocenters. The largest absolute Gasteiger partial charge is 0.361 e. The first kappa shape index (κ1) is 17.5. The minimum absolute atomic E-state index is 0.231. The lowest BCUT2D eigenvalue weighted by atomic mass is 10.1. The highest BCUT2D eigenvalue weighted by atomic mass is 16.2. The smallest absolute Gasteiger partial charge is 0.227 e. The molecule has 1 saturated carbocycles. The molecule has 2 aliphatic rings. The van der Waals surface area contributed by atoms with Crippen LogP contribution >= 0.6 is 0 Å². The standard InChI is InChI=1S/C23H28N4O/c1-26-22-12-6-10-19(22)21(25-26)15-27(17-7-2-3-8-17)23(28)13-16-14-24-20-11-5-4-9-18(16)20/h4-5,9,11,14,17,24H,2-3,6-8,10,12-13,15H2,1H3. The van der Waals surface area contributed by atoms with Crippen molar-refractivity contribution in [1.29, 1.82) is 0 Å². The number of carbonyl (C=O) groups is 1. The van der Waals surface area contributed by atoms with E-state index in [9.17, 15) is 4.79 Å². The minimum Gasteiger partial charge on any atom is -0.361 e. The highest BCUT2D eigenvalue weighted by Gasteiger charge is 2.30. The summed E-state index contributed by atoms with van der Waals surface area (Å²) in [4.78, 5) is 18.9. The van der Waals surface area contributed by atoms with Gasteiger partial charge in [0.05, 0.1) is 18.7 Å². The first-order chi connectivity index (χ1) is 13.7. The van der Waals surface area contributed by atoms with Crippen molar-refractivity contribution in [2.75, 3.05) is 0 Å². The molecule has 2 heterocycles. The summed E-state index contributed by atoms with van der Waals surface area (Å²) in [6.07, 6.45) is 10.6. The zero-order valence-corrected chi connectivity index (χ0v) is 16.6. The van der Waals surface area contributed by atoms with Crippen LogP contribution in [0.1, 0.15) is 54.6 Å². The number of nitrogens with zero attached hydrogens (tertiary/aromatic N) is 3. The number of hydrogen-bond acceptors (Lipinski definition) is 2. The lowest BCUT2D eigenvalue weighted by molar-refractivity contribution is -0.133. The van der Waals surface area contributed by atoms with Crippen molar-refractivity contribution in [2.24, 2.45) is 7.05 Å². The monoisotopic (exact) mass is 376 g/mol. The second-order valence-electron chi connectivity index (χ2n) is 8.35. The van der Waals surface area contributed by atoms with Gasteiger partial charge in [-0.2, -0.15) is 5.10 Å². The number of aromatic amines is 1. The van der Waals surface area contributed by atoms with Gasteiger partial charge in [0, 0.05) is 35.9 Å². The fourth-order valence-corrected chi connectivity index (χ4v) is 5.17. The summed E-state index contributed by atoms with van der Waals surface area (Å²) in [5.41, 5.74) is 6.07. The average Bonchev–Trinajstić information content (AvgIpc) is 3.47. The van der Waals surface area contributed by atoms with E-state index in [0.717, 1.165) is 47.8 Å². The van der Waals surface area contributed by atoms with Gasteiger partial charge in [-0.25, -0.2) is 0 Å². The predicted octanol–water partition coefficient (Wildman–Crippen LogP) is 3.90. The van der Waals surface area contributed by atoms with E-state index in [4.69, 9.17) is 5.10 Å². The third-order valence-corrected chi connectivity index (χ3v) is 6.62. The van der Waals surface area contributed by atoms with Crippen LogP contribution < -0.4 is 0 Å². The number of benzene rings is 1. The molecule has 0 radical (unpaired) electrons. The van der Waals surface area contributed by atoms with Crippen LogP contribution in [-0.2, 0) is 37.6 Å². The highest BCUT2D eigenvalue weighted by Crippen LogP contribution is 2.30. The van der Waals surface area contributed by atoms with Gasteiger partial charge in [0.1, 0.15) is 0 Å².